The number of aryl methyl sites for hydroxylation is 1. The van der Waals surface area contributed by atoms with Crippen LogP contribution in [-0.2, 0) is 5.41 Å². The van der Waals surface area contributed by atoms with Crippen LogP contribution >= 0.6 is 0 Å². The fraction of sp³-hybridized carbons (Fsp3) is 0.571. The Kier molecular flexibility index (Phi) is 3.25. The lowest BCUT2D eigenvalue weighted by Crippen LogP contribution is -2.44. The van der Waals surface area contributed by atoms with E-state index in [1.165, 1.54) is 11.1 Å². The monoisotopic (exact) mass is 206 g/mol. The molecule has 1 rings (SSSR count). The van der Waals surface area contributed by atoms with E-state index in [1.54, 1.807) is 0 Å². The molecule has 1 nitrogen and oxygen atoms in total. The van der Waals surface area contributed by atoms with Gasteiger partial charge in [-0.05, 0) is 12.5 Å². The average Bonchev–Trinajstić information content (AvgIpc) is 2.00. The number of nitrogens with zero attached hydrogens (tertiary/aromatic N) is 1. The van der Waals surface area contributed by atoms with E-state index in [4.69, 9.17) is 0 Å². The van der Waals surface area contributed by atoms with E-state index in [0.29, 0.717) is 0 Å². The summed E-state index contributed by atoms with van der Waals surface area (Å²) in [4.78, 5) is 0. The van der Waals surface area contributed by atoms with Crippen molar-refractivity contribution >= 4 is 0 Å². The zero-order chi connectivity index (χ0) is 11.7. The summed E-state index contributed by atoms with van der Waals surface area (Å²) in [6, 6.07) is 8.91. The molecule has 0 aliphatic heterocycles. The molecular weight excluding hydrogens is 182 g/mol. The number of benzene rings is 1. The summed E-state index contributed by atoms with van der Waals surface area (Å²) in [5.41, 5.74) is 3.01. The first-order valence-corrected chi connectivity index (χ1v) is 5.58. The Hall–Kier alpha value is -0.820. The lowest BCUT2D eigenvalue weighted by atomic mass is 9.83. The SMILES string of the molecule is Cc1ccc(C(C)(C)C[N+](C)(C)C)cc1. The predicted molar refractivity (Wildman–Crippen MR) is 67.1 cm³/mol. The Morgan fingerprint density at radius 2 is 1.47 bits per heavy atom. The van der Waals surface area contributed by atoms with Crippen LogP contribution in [0, 0.1) is 6.92 Å². The second-order valence-corrected chi connectivity index (χ2v) is 6.20. The van der Waals surface area contributed by atoms with E-state index in [0.717, 1.165) is 11.0 Å². The number of quaternary nitrogens is 1. The fourth-order valence-corrected chi connectivity index (χ4v) is 2.28. The van der Waals surface area contributed by atoms with E-state index in [-0.39, 0.29) is 5.41 Å². The molecule has 0 fully saturated rings. The lowest BCUT2D eigenvalue weighted by molar-refractivity contribution is -0.874. The molecule has 0 atom stereocenters. The highest BCUT2D eigenvalue weighted by Gasteiger charge is 2.27. The highest BCUT2D eigenvalue weighted by Crippen LogP contribution is 2.25. The summed E-state index contributed by atoms with van der Waals surface area (Å²) in [7, 11) is 6.74. The quantitative estimate of drug-likeness (QED) is 0.667. The van der Waals surface area contributed by atoms with Gasteiger partial charge in [0.15, 0.2) is 0 Å². The maximum Gasteiger partial charge on any atom is 0.0873 e. The van der Waals surface area contributed by atoms with Gasteiger partial charge in [0.25, 0.3) is 0 Å². The van der Waals surface area contributed by atoms with Crippen molar-refractivity contribution in [3.8, 4) is 0 Å². The number of rotatable bonds is 3. The molecular formula is C14H24N+. The van der Waals surface area contributed by atoms with Gasteiger partial charge in [0.1, 0.15) is 0 Å². The highest BCUT2D eigenvalue weighted by molar-refractivity contribution is 5.27. The summed E-state index contributed by atoms with van der Waals surface area (Å²) >= 11 is 0. The number of likely N-dealkylation sites (N-methyl/N-ethyl adjacent to an activating group) is 1. The van der Waals surface area contributed by atoms with Crippen LogP contribution < -0.4 is 0 Å². The number of hydrogen-bond acceptors (Lipinski definition) is 0. The van der Waals surface area contributed by atoms with Crippen LogP contribution in [0.1, 0.15) is 25.0 Å². The molecule has 0 saturated heterocycles. The van der Waals surface area contributed by atoms with E-state index < -0.39 is 0 Å². The molecule has 0 amide bonds. The highest BCUT2D eigenvalue weighted by atomic mass is 15.3. The first-order valence-electron chi connectivity index (χ1n) is 5.58. The lowest BCUT2D eigenvalue weighted by Gasteiger charge is -2.34. The van der Waals surface area contributed by atoms with Crippen LogP contribution in [0.5, 0.6) is 0 Å². The summed E-state index contributed by atoms with van der Waals surface area (Å²) in [5, 5.41) is 0. The number of hydrogen-bond donors (Lipinski definition) is 0. The maximum absolute atomic E-state index is 2.32. The van der Waals surface area contributed by atoms with Gasteiger partial charge in [0.05, 0.1) is 27.7 Å². The minimum absolute atomic E-state index is 0.242. The van der Waals surface area contributed by atoms with Crippen molar-refractivity contribution in [1.82, 2.24) is 0 Å². The van der Waals surface area contributed by atoms with Gasteiger partial charge in [-0.1, -0.05) is 43.7 Å². The van der Waals surface area contributed by atoms with Gasteiger partial charge >= 0.3 is 0 Å². The van der Waals surface area contributed by atoms with Crippen LogP contribution in [0.25, 0.3) is 0 Å². The third-order valence-electron chi connectivity index (χ3n) is 2.70. The van der Waals surface area contributed by atoms with Crippen molar-refractivity contribution in [2.24, 2.45) is 0 Å². The van der Waals surface area contributed by atoms with Crippen LogP contribution in [0.15, 0.2) is 24.3 Å². The van der Waals surface area contributed by atoms with Crippen LogP contribution in [0.4, 0.5) is 0 Å². The zero-order valence-corrected chi connectivity index (χ0v) is 11.0. The Labute approximate surface area is 94.3 Å². The standard InChI is InChI=1S/C14H24N/c1-12-7-9-13(10-8-12)14(2,3)11-15(4,5)6/h7-10H,11H2,1-6H3/q+1. The first kappa shape index (κ1) is 12.3. The zero-order valence-electron chi connectivity index (χ0n) is 11.0. The van der Waals surface area contributed by atoms with Crippen LogP contribution in [0.3, 0.4) is 0 Å². The minimum Gasteiger partial charge on any atom is -0.330 e. The van der Waals surface area contributed by atoms with Gasteiger partial charge in [0, 0.05) is 5.41 Å². The second kappa shape index (κ2) is 3.97. The molecule has 0 aromatic heterocycles. The molecule has 1 heteroatoms. The Bertz CT molecular complexity index is 314. The molecule has 0 aliphatic rings. The van der Waals surface area contributed by atoms with Gasteiger partial charge in [-0.2, -0.15) is 0 Å². The van der Waals surface area contributed by atoms with Crippen molar-refractivity contribution in [2.75, 3.05) is 27.7 Å². The third kappa shape index (κ3) is 3.67. The Balaban J connectivity index is 2.90. The van der Waals surface area contributed by atoms with Crippen molar-refractivity contribution in [3.05, 3.63) is 35.4 Å². The summed E-state index contributed by atoms with van der Waals surface area (Å²) < 4.78 is 1.00. The molecule has 0 spiro atoms. The van der Waals surface area contributed by atoms with E-state index >= 15 is 0 Å². The van der Waals surface area contributed by atoms with Crippen molar-refractivity contribution < 1.29 is 4.48 Å². The van der Waals surface area contributed by atoms with Gasteiger partial charge in [-0.3, -0.25) is 0 Å². The van der Waals surface area contributed by atoms with Crippen molar-refractivity contribution in [3.63, 3.8) is 0 Å². The molecule has 1 aromatic rings. The molecule has 15 heavy (non-hydrogen) atoms. The molecule has 0 saturated carbocycles. The largest absolute Gasteiger partial charge is 0.330 e. The summed E-state index contributed by atoms with van der Waals surface area (Å²) in [5.74, 6) is 0. The predicted octanol–water partition coefficient (Wildman–Crippen LogP) is 2.98. The van der Waals surface area contributed by atoms with Gasteiger partial charge in [0.2, 0.25) is 0 Å². The molecule has 0 heterocycles. The smallest absolute Gasteiger partial charge is 0.0873 e. The normalized spacial score (nSPS) is 12.9. The fourth-order valence-electron chi connectivity index (χ4n) is 2.28. The Morgan fingerprint density at radius 1 is 1.00 bits per heavy atom. The topological polar surface area (TPSA) is 0 Å². The van der Waals surface area contributed by atoms with E-state index in [9.17, 15) is 0 Å². The molecule has 84 valence electrons. The second-order valence-electron chi connectivity index (χ2n) is 6.20. The molecule has 0 unspecified atom stereocenters. The Morgan fingerprint density at radius 3 is 1.87 bits per heavy atom. The minimum atomic E-state index is 0.242. The maximum atomic E-state index is 2.32. The van der Waals surface area contributed by atoms with Gasteiger partial charge in [-0.25, -0.2) is 0 Å². The van der Waals surface area contributed by atoms with E-state index in [1.807, 2.05) is 0 Å². The van der Waals surface area contributed by atoms with Crippen LogP contribution in [0.2, 0.25) is 0 Å². The van der Waals surface area contributed by atoms with E-state index in [2.05, 4.69) is 66.2 Å². The molecule has 1 aromatic carbocycles. The first-order chi connectivity index (χ1) is 6.71. The average molecular weight is 206 g/mol. The van der Waals surface area contributed by atoms with Crippen molar-refractivity contribution in [1.29, 1.82) is 0 Å². The molecule has 0 N–H and O–H groups in total. The molecule has 0 radical (unpaired) electrons. The summed E-state index contributed by atoms with van der Waals surface area (Å²) in [6.07, 6.45) is 0. The van der Waals surface area contributed by atoms with Crippen molar-refractivity contribution in [2.45, 2.75) is 26.2 Å². The van der Waals surface area contributed by atoms with Gasteiger partial charge in [-0.15, -0.1) is 0 Å². The van der Waals surface area contributed by atoms with Crippen LogP contribution in [-0.4, -0.2) is 32.2 Å². The molecule has 0 aliphatic carbocycles. The third-order valence-corrected chi connectivity index (χ3v) is 2.70. The summed E-state index contributed by atoms with van der Waals surface area (Å²) in [6.45, 7) is 7.93. The molecule has 0 bridgehead atoms. The van der Waals surface area contributed by atoms with Gasteiger partial charge < -0.3 is 4.48 Å².